The van der Waals surface area contributed by atoms with Gasteiger partial charge in [-0.2, -0.15) is 0 Å². The summed E-state index contributed by atoms with van der Waals surface area (Å²) in [5.41, 5.74) is 5.83. The third-order valence-corrected chi connectivity index (χ3v) is 8.62. The highest BCUT2D eigenvalue weighted by molar-refractivity contribution is 9.09. The first kappa shape index (κ1) is 31.6. The van der Waals surface area contributed by atoms with Crippen molar-refractivity contribution in [3.05, 3.63) is 106 Å². The van der Waals surface area contributed by atoms with Gasteiger partial charge in [-0.3, -0.25) is 4.79 Å². The molecule has 0 aliphatic carbocycles. The van der Waals surface area contributed by atoms with Crippen LogP contribution in [0.3, 0.4) is 0 Å². The lowest BCUT2D eigenvalue weighted by molar-refractivity contribution is -0.121. The second kappa shape index (κ2) is 14.3. The first-order valence-electron chi connectivity index (χ1n) is 13.7. The van der Waals surface area contributed by atoms with Crippen LogP contribution >= 0.6 is 31.9 Å². The number of alkyl halides is 2. The molecule has 220 valence electrons. The van der Waals surface area contributed by atoms with E-state index in [0.717, 1.165) is 67.9 Å². The van der Waals surface area contributed by atoms with E-state index >= 15 is 0 Å². The molecular formula is C35H36Br2O5. The van der Waals surface area contributed by atoms with Crippen molar-refractivity contribution in [3.63, 3.8) is 0 Å². The van der Waals surface area contributed by atoms with Crippen LogP contribution in [-0.2, 0) is 4.79 Å². The van der Waals surface area contributed by atoms with Crippen molar-refractivity contribution in [2.24, 2.45) is 0 Å². The van der Waals surface area contributed by atoms with Crippen molar-refractivity contribution in [3.8, 4) is 34.5 Å². The molecule has 0 radical (unpaired) electrons. The quantitative estimate of drug-likeness (QED) is 0.138. The number of hydrogen-bond acceptors (Lipinski definition) is 5. The molecule has 4 rings (SSSR count). The van der Waals surface area contributed by atoms with Crippen molar-refractivity contribution >= 4 is 37.6 Å². The fourth-order valence-corrected chi connectivity index (χ4v) is 6.50. The van der Waals surface area contributed by atoms with Gasteiger partial charge in [0.1, 0.15) is 40.3 Å². The molecule has 0 aliphatic rings. The van der Waals surface area contributed by atoms with Gasteiger partial charge in [-0.05, 0) is 110 Å². The highest BCUT2D eigenvalue weighted by atomic mass is 79.9. The SMILES string of the molecule is COc1ccc(Oc2c(C)cc(C(CBr)C(=O)C(CBr)c3cc(C)c(Oc4ccc(OC)cc4)c(C)c3)cc2C)cc1. The van der Waals surface area contributed by atoms with E-state index in [-0.39, 0.29) is 17.6 Å². The fraction of sp³-hybridized carbons (Fsp3) is 0.286. The lowest BCUT2D eigenvalue weighted by Crippen LogP contribution is -2.23. The Balaban J connectivity index is 1.57. The number of hydrogen-bond donors (Lipinski definition) is 0. The molecule has 0 saturated carbocycles. The number of carbonyl (C=O) groups excluding carboxylic acids is 1. The van der Waals surface area contributed by atoms with Gasteiger partial charge in [0.05, 0.1) is 26.1 Å². The van der Waals surface area contributed by atoms with Gasteiger partial charge in [0.25, 0.3) is 0 Å². The predicted octanol–water partition coefficient (Wildman–Crippen LogP) is 9.75. The second-order valence-electron chi connectivity index (χ2n) is 10.3. The first-order chi connectivity index (χ1) is 20.2. The van der Waals surface area contributed by atoms with Gasteiger partial charge < -0.3 is 18.9 Å². The predicted molar refractivity (Wildman–Crippen MR) is 176 cm³/mol. The number of aryl methyl sites for hydroxylation is 4. The summed E-state index contributed by atoms with van der Waals surface area (Å²) in [6.07, 6.45) is 0. The van der Waals surface area contributed by atoms with E-state index in [2.05, 4.69) is 56.1 Å². The van der Waals surface area contributed by atoms with Crippen LogP contribution in [0.5, 0.6) is 34.5 Å². The molecule has 0 N–H and O–H groups in total. The van der Waals surface area contributed by atoms with E-state index in [1.165, 1.54) is 0 Å². The molecular weight excluding hydrogens is 660 g/mol. The number of halogens is 2. The molecule has 0 aliphatic heterocycles. The third kappa shape index (κ3) is 7.19. The minimum atomic E-state index is -0.323. The number of ether oxygens (including phenoxy) is 4. The van der Waals surface area contributed by atoms with Gasteiger partial charge in [-0.1, -0.05) is 56.1 Å². The Kier molecular flexibility index (Phi) is 10.7. The van der Waals surface area contributed by atoms with Crippen LogP contribution in [0.15, 0.2) is 72.8 Å². The zero-order chi connectivity index (χ0) is 30.4. The van der Waals surface area contributed by atoms with Crippen LogP contribution in [0, 0.1) is 27.7 Å². The maximum atomic E-state index is 14.1. The Labute approximate surface area is 265 Å². The molecule has 42 heavy (non-hydrogen) atoms. The van der Waals surface area contributed by atoms with E-state index in [1.807, 2.05) is 76.2 Å². The monoisotopic (exact) mass is 694 g/mol. The van der Waals surface area contributed by atoms with Gasteiger partial charge in [-0.25, -0.2) is 0 Å². The van der Waals surface area contributed by atoms with E-state index in [9.17, 15) is 4.79 Å². The van der Waals surface area contributed by atoms with Gasteiger partial charge in [-0.15, -0.1) is 0 Å². The number of benzene rings is 4. The van der Waals surface area contributed by atoms with Crippen LogP contribution in [0.25, 0.3) is 0 Å². The number of Topliss-reactive ketones (excluding diaryl/α,β-unsaturated/α-hetero) is 1. The summed E-state index contributed by atoms with van der Waals surface area (Å²) in [6.45, 7) is 8.06. The van der Waals surface area contributed by atoms with Crippen LogP contribution in [0.1, 0.15) is 45.2 Å². The van der Waals surface area contributed by atoms with Crippen molar-refractivity contribution in [1.29, 1.82) is 0 Å². The zero-order valence-corrected chi connectivity index (χ0v) is 28.0. The maximum absolute atomic E-state index is 14.1. The smallest absolute Gasteiger partial charge is 0.149 e. The maximum Gasteiger partial charge on any atom is 0.149 e. The van der Waals surface area contributed by atoms with E-state index in [1.54, 1.807) is 14.2 Å². The molecule has 4 aromatic carbocycles. The van der Waals surface area contributed by atoms with Gasteiger partial charge >= 0.3 is 0 Å². The molecule has 7 heteroatoms. The van der Waals surface area contributed by atoms with Gasteiger partial charge in [0.2, 0.25) is 0 Å². The fourth-order valence-electron chi connectivity index (χ4n) is 5.12. The molecule has 0 amide bonds. The van der Waals surface area contributed by atoms with E-state index in [4.69, 9.17) is 18.9 Å². The molecule has 5 nitrogen and oxygen atoms in total. The van der Waals surface area contributed by atoms with Crippen LogP contribution < -0.4 is 18.9 Å². The van der Waals surface area contributed by atoms with Gasteiger partial charge in [0, 0.05) is 10.7 Å². The second-order valence-corrected chi connectivity index (χ2v) is 11.6. The minimum Gasteiger partial charge on any atom is -0.497 e. The van der Waals surface area contributed by atoms with Crippen molar-refractivity contribution in [2.75, 3.05) is 24.9 Å². The average Bonchev–Trinajstić information content (AvgIpc) is 2.98. The summed E-state index contributed by atoms with van der Waals surface area (Å²) in [6, 6.07) is 23.3. The summed E-state index contributed by atoms with van der Waals surface area (Å²) < 4.78 is 22.9. The summed E-state index contributed by atoms with van der Waals surface area (Å²) >= 11 is 7.28. The minimum absolute atomic E-state index is 0.147. The highest BCUT2D eigenvalue weighted by Gasteiger charge is 2.30. The molecule has 0 bridgehead atoms. The Morgan fingerprint density at radius 3 is 1.12 bits per heavy atom. The Bertz CT molecular complexity index is 1370. The highest BCUT2D eigenvalue weighted by Crippen LogP contribution is 2.38. The van der Waals surface area contributed by atoms with E-state index in [0.29, 0.717) is 10.7 Å². The molecule has 2 atom stereocenters. The molecule has 0 aromatic heterocycles. The van der Waals surface area contributed by atoms with Crippen molar-refractivity contribution in [1.82, 2.24) is 0 Å². The summed E-state index contributed by atoms with van der Waals surface area (Å²) in [5.74, 6) is 4.09. The Hall–Kier alpha value is -3.29. The number of rotatable bonds is 12. The molecule has 2 unspecified atom stereocenters. The summed E-state index contributed by atoms with van der Waals surface area (Å²) in [7, 11) is 3.28. The molecule has 0 spiro atoms. The average molecular weight is 696 g/mol. The number of methoxy groups -OCH3 is 2. The van der Waals surface area contributed by atoms with Crippen molar-refractivity contribution < 1.29 is 23.7 Å². The van der Waals surface area contributed by atoms with Crippen LogP contribution in [-0.4, -0.2) is 30.7 Å². The molecule has 4 aromatic rings. The number of ketones is 1. The first-order valence-corrected chi connectivity index (χ1v) is 15.9. The summed E-state index contributed by atoms with van der Waals surface area (Å²) in [4.78, 5) is 14.1. The lowest BCUT2D eigenvalue weighted by Gasteiger charge is -2.23. The van der Waals surface area contributed by atoms with Crippen molar-refractivity contribution in [2.45, 2.75) is 39.5 Å². The standard InChI is InChI=1S/C35H36Br2O5/c1-21-15-25(16-22(2)34(21)41-29-11-7-27(39-5)8-12-29)31(19-36)33(38)32(20-37)26-17-23(3)35(24(4)18-26)42-30-13-9-28(40-6)10-14-30/h7-18,31-32H,19-20H2,1-6H3. The third-order valence-electron chi connectivity index (χ3n) is 7.32. The molecule has 0 saturated heterocycles. The van der Waals surface area contributed by atoms with Crippen LogP contribution in [0.2, 0.25) is 0 Å². The van der Waals surface area contributed by atoms with Gasteiger partial charge in [0.15, 0.2) is 0 Å². The van der Waals surface area contributed by atoms with E-state index < -0.39 is 0 Å². The molecule has 0 fully saturated rings. The normalized spacial score (nSPS) is 12.4. The zero-order valence-electron chi connectivity index (χ0n) is 24.8. The Morgan fingerprint density at radius 1 is 0.571 bits per heavy atom. The topological polar surface area (TPSA) is 54.0 Å². The van der Waals surface area contributed by atoms with Crippen LogP contribution in [0.4, 0.5) is 0 Å². The largest absolute Gasteiger partial charge is 0.497 e. The molecule has 0 heterocycles. The Morgan fingerprint density at radius 2 is 0.857 bits per heavy atom. The summed E-state index contributed by atoms with van der Waals surface area (Å²) in [5, 5.41) is 1.03. The number of carbonyl (C=O) groups is 1. The lowest BCUT2D eigenvalue weighted by atomic mass is 9.83.